The number of halogens is 3. The highest BCUT2D eigenvalue weighted by atomic mass is 79.9. The lowest BCUT2D eigenvalue weighted by Crippen LogP contribution is -2.20. The van der Waals surface area contributed by atoms with Gasteiger partial charge in [-0.05, 0) is 86.0 Å². The van der Waals surface area contributed by atoms with Crippen LogP contribution < -0.4 is 19.8 Å². The van der Waals surface area contributed by atoms with Crippen LogP contribution in [0.2, 0.25) is 0 Å². The van der Waals surface area contributed by atoms with E-state index < -0.39 is 0 Å². The molecule has 0 aliphatic heterocycles. The van der Waals surface area contributed by atoms with Gasteiger partial charge < -0.3 is 18.6 Å². The SMILES string of the molecule is COc1cc(C=Nn2c(-c3cc4c(OC)cccc4o3)nc3ccccc3c2=O)c(Br)c(Br)c1OCc1cccc(F)c1. The minimum absolute atomic E-state index is 0.121. The number of rotatable bonds is 8. The average Bonchev–Trinajstić information content (AvgIpc) is 3.46. The number of hydrogen-bond acceptors (Lipinski definition) is 7. The third kappa shape index (κ3) is 5.53. The zero-order valence-corrected chi connectivity index (χ0v) is 26.0. The molecule has 0 N–H and O–H groups in total. The summed E-state index contributed by atoms with van der Waals surface area (Å²) in [5.41, 5.74) is 1.96. The molecule has 0 aliphatic rings. The number of benzene rings is 4. The lowest BCUT2D eigenvalue weighted by atomic mass is 10.2. The molecule has 2 aromatic heterocycles. The summed E-state index contributed by atoms with van der Waals surface area (Å²) < 4.78 is 39.2. The van der Waals surface area contributed by atoms with Crippen molar-refractivity contribution in [3.63, 3.8) is 0 Å². The van der Waals surface area contributed by atoms with Gasteiger partial charge in [-0.3, -0.25) is 4.79 Å². The third-order valence-electron chi connectivity index (χ3n) is 6.68. The molecule has 6 rings (SSSR count). The Kier molecular flexibility index (Phi) is 8.00. The van der Waals surface area contributed by atoms with Crippen molar-refractivity contribution in [1.82, 2.24) is 9.66 Å². The molecule has 0 amide bonds. The van der Waals surface area contributed by atoms with E-state index in [4.69, 9.17) is 23.6 Å². The van der Waals surface area contributed by atoms with Gasteiger partial charge in [0.05, 0.1) is 41.2 Å². The van der Waals surface area contributed by atoms with E-state index in [9.17, 15) is 9.18 Å². The Morgan fingerprint density at radius 3 is 2.51 bits per heavy atom. The third-order valence-corrected chi connectivity index (χ3v) is 8.82. The van der Waals surface area contributed by atoms with Gasteiger partial charge in [-0.2, -0.15) is 9.78 Å². The lowest BCUT2D eigenvalue weighted by molar-refractivity contribution is 0.282. The van der Waals surface area contributed by atoms with Crippen LogP contribution in [0.5, 0.6) is 17.2 Å². The number of nitrogens with zero attached hydrogens (tertiary/aromatic N) is 3. The average molecular weight is 707 g/mol. The summed E-state index contributed by atoms with van der Waals surface area (Å²) in [5, 5.41) is 5.70. The van der Waals surface area contributed by atoms with E-state index in [-0.39, 0.29) is 23.8 Å². The molecule has 0 fully saturated rings. The van der Waals surface area contributed by atoms with Gasteiger partial charge in [0.15, 0.2) is 17.3 Å². The van der Waals surface area contributed by atoms with Gasteiger partial charge in [-0.1, -0.05) is 30.3 Å². The molecule has 43 heavy (non-hydrogen) atoms. The lowest BCUT2D eigenvalue weighted by Gasteiger charge is -2.15. The molecule has 0 aliphatic carbocycles. The molecule has 8 nitrogen and oxygen atoms in total. The van der Waals surface area contributed by atoms with Crippen LogP contribution in [0.3, 0.4) is 0 Å². The van der Waals surface area contributed by atoms with Crippen molar-refractivity contribution in [2.75, 3.05) is 14.2 Å². The smallest absolute Gasteiger partial charge is 0.282 e. The van der Waals surface area contributed by atoms with Crippen LogP contribution in [0.4, 0.5) is 4.39 Å². The molecule has 0 saturated carbocycles. The van der Waals surface area contributed by atoms with Crippen LogP contribution in [0.1, 0.15) is 11.1 Å². The van der Waals surface area contributed by atoms with Gasteiger partial charge in [-0.25, -0.2) is 9.37 Å². The van der Waals surface area contributed by atoms with Crippen LogP contribution in [0.15, 0.2) is 102 Å². The van der Waals surface area contributed by atoms with Crippen molar-refractivity contribution < 1.29 is 23.0 Å². The first-order chi connectivity index (χ1) is 20.9. The molecule has 0 spiro atoms. The van der Waals surface area contributed by atoms with E-state index in [2.05, 4.69) is 37.0 Å². The monoisotopic (exact) mass is 705 g/mol. The summed E-state index contributed by atoms with van der Waals surface area (Å²) in [6.07, 6.45) is 1.51. The maximum Gasteiger partial charge on any atom is 0.282 e. The second kappa shape index (κ2) is 12.0. The minimum atomic E-state index is -0.374. The Labute approximate surface area is 261 Å². The first-order valence-corrected chi connectivity index (χ1v) is 14.5. The Morgan fingerprint density at radius 1 is 0.930 bits per heavy atom. The molecule has 0 radical (unpaired) electrons. The predicted molar refractivity (Wildman–Crippen MR) is 170 cm³/mol. The largest absolute Gasteiger partial charge is 0.496 e. The number of para-hydroxylation sites is 1. The molecular weight excluding hydrogens is 685 g/mol. The Balaban J connectivity index is 1.44. The fraction of sp³-hybridized carbons (Fsp3) is 0.0938. The molecule has 0 bridgehead atoms. The predicted octanol–water partition coefficient (Wildman–Crippen LogP) is 7.95. The molecule has 6 aromatic rings. The number of methoxy groups -OCH3 is 2. The fourth-order valence-electron chi connectivity index (χ4n) is 4.60. The first kappa shape index (κ1) is 28.6. The van der Waals surface area contributed by atoms with Crippen LogP contribution in [0.25, 0.3) is 33.5 Å². The molecule has 0 saturated heterocycles. The Bertz CT molecular complexity index is 2090. The fourth-order valence-corrected chi connectivity index (χ4v) is 5.54. The molecule has 216 valence electrons. The molecule has 11 heteroatoms. The molecule has 0 atom stereocenters. The van der Waals surface area contributed by atoms with Gasteiger partial charge in [0.1, 0.15) is 23.8 Å². The molecule has 0 unspecified atom stereocenters. The van der Waals surface area contributed by atoms with E-state index in [0.29, 0.717) is 59.6 Å². The molecular formula is C32H22Br2FN3O5. The Morgan fingerprint density at radius 2 is 1.72 bits per heavy atom. The van der Waals surface area contributed by atoms with Gasteiger partial charge in [0, 0.05) is 10.0 Å². The molecule has 2 heterocycles. The second-order valence-electron chi connectivity index (χ2n) is 9.34. The van der Waals surface area contributed by atoms with Crippen LogP contribution in [-0.2, 0) is 6.61 Å². The van der Waals surface area contributed by atoms with Gasteiger partial charge in [-0.15, -0.1) is 0 Å². The summed E-state index contributed by atoms with van der Waals surface area (Å²) in [5.74, 6) is 1.67. The number of furan rings is 1. The zero-order valence-electron chi connectivity index (χ0n) is 22.8. The summed E-state index contributed by atoms with van der Waals surface area (Å²) in [6, 6.07) is 22.2. The summed E-state index contributed by atoms with van der Waals surface area (Å²) in [7, 11) is 3.09. The van der Waals surface area contributed by atoms with Crippen LogP contribution in [-0.4, -0.2) is 30.1 Å². The van der Waals surface area contributed by atoms with E-state index in [1.165, 1.54) is 30.1 Å². The van der Waals surface area contributed by atoms with E-state index in [1.807, 2.05) is 24.3 Å². The van der Waals surface area contributed by atoms with Crippen LogP contribution >= 0.6 is 31.9 Å². The van der Waals surface area contributed by atoms with Crippen molar-refractivity contribution in [2.24, 2.45) is 5.10 Å². The van der Waals surface area contributed by atoms with Crippen molar-refractivity contribution in [3.8, 4) is 28.8 Å². The van der Waals surface area contributed by atoms with Crippen molar-refractivity contribution in [1.29, 1.82) is 0 Å². The number of aromatic nitrogens is 2. The normalized spacial score (nSPS) is 11.5. The number of hydrogen-bond donors (Lipinski definition) is 0. The van der Waals surface area contributed by atoms with Gasteiger partial charge >= 0.3 is 0 Å². The summed E-state index contributed by atoms with van der Waals surface area (Å²) >= 11 is 7.17. The first-order valence-electron chi connectivity index (χ1n) is 12.9. The quantitative estimate of drug-likeness (QED) is 0.149. The van der Waals surface area contributed by atoms with E-state index in [0.717, 1.165) is 5.39 Å². The Hall–Kier alpha value is -4.48. The van der Waals surface area contributed by atoms with E-state index >= 15 is 0 Å². The topological polar surface area (TPSA) is 88.1 Å². The number of fused-ring (bicyclic) bond motifs is 2. The second-order valence-corrected chi connectivity index (χ2v) is 10.9. The van der Waals surface area contributed by atoms with Crippen molar-refractivity contribution in [2.45, 2.75) is 6.61 Å². The summed E-state index contributed by atoms with van der Waals surface area (Å²) in [4.78, 5) is 18.4. The highest BCUT2D eigenvalue weighted by Crippen LogP contribution is 2.43. The van der Waals surface area contributed by atoms with Crippen LogP contribution in [0, 0.1) is 5.82 Å². The minimum Gasteiger partial charge on any atom is -0.496 e. The highest BCUT2D eigenvalue weighted by molar-refractivity contribution is 9.13. The standard InChI is InChI=1S/C32H22Br2FN3O5/c1-40-24-11-6-12-25-22(24)15-27(43-25)31-37-23-10-4-3-9-21(23)32(39)38(31)36-16-19-14-26(41-2)30(29(34)28(19)33)42-17-18-7-5-8-20(35)13-18/h3-16H,17H2,1-2H3. The zero-order chi connectivity index (χ0) is 30.1. The van der Waals surface area contributed by atoms with Gasteiger partial charge in [0.2, 0.25) is 5.82 Å². The van der Waals surface area contributed by atoms with Crippen molar-refractivity contribution >= 4 is 59.9 Å². The van der Waals surface area contributed by atoms with Crippen molar-refractivity contribution in [3.05, 3.63) is 115 Å². The highest BCUT2D eigenvalue weighted by Gasteiger charge is 2.20. The maximum absolute atomic E-state index is 13.7. The number of ether oxygens (including phenoxy) is 3. The molecule has 4 aromatic carbocycles. The van der Waals surface area contributed by atoms with Gasteiger partial charge in [0.25, 0.3) is 5.56 Å². The maximum atomic E-state index is 13.7. The van der Waals surface area contributed by atoms with E-state index in [1.54, 1.807) is 49.6 Å². The summed E-state index contributed by atoms with van der Waals surface area (Å²) in [6.45, 7) is 0.121.